The molecule has 6 nitrogen and oxygen atoms in total. The van der Waals surface area contributed by atoms with Gasteiger partial charge in [0.1, 0.15) is 10.6 Å². The molecule has 0 spiro atoms. The lowest BCUT2D eigenvalue weighted by atomic mass is 10.1. The molecule has 0 saturated carbocycles. The topological polar surface area (TPSA) is 66.9 Å². The molecule has 3 rings (SSSR count). The van der Waals surface area contributed by atoms with Crippen molar-refractivity contribution < 1.29 is 17.9 Å². The van der Waals surface area contributed by atoms with Gasteiger partial charge in [0.2, 0.25) is 10.0 Å². The summed E-state index contributed by atoms with van der Waals surface area (Å²) in [5.41, 5.74) is 4.72. The highest BCUT2D eigenvalue weighted by Crippen LogP contribution is 2.30. The van der Waals surface area contributed by atoms with Gasteiger partial charge < -0.3 is 9.64 Å². The summed E-state index contributed by atoms with van der Waals surface area (Å²) in [6, 6.07) is 9.07. The molecule has 1 aliphatic rings. The van der Waals surface area contributed by atoms with E-state index in [2.05, 4.69) is 0 Å². The average Bonchev–Trinajstić information content (AvgIpc) is 2.71. The largest absolute Gasteiger partial charge is 0.495 e. The molecule has 1 amide bonds. The molecule has 1 aliphatic heterocycles. The number of sulfonamides is 1. The SMILES string of the molecule is COc1cc(C)c(C)cc1S(=O)(=O)N1CCN(C(=O)c2ccc(C)c(C)c2)CC1. The number of rotatable bonds is 4. The Hall–Kier alpha value is -2.38. The zero-order valence-corrected chi connectivity index (χ0v) is 18.5. The molecule has 29 heavy (non-hydrogen) atoms. The number of ether oxygens (including phenoxy) is 1. The first-order valence-electron chi connectivity index (χ1n) is 9.67. The van der Waals surface area contributed by atoms with E-state index >= 15 is 0 Å². The van der Waals surface area contributed by atoms with Crippen LogP contribution < -0.4 is 4.74 Å². The number of benzene rings is 2. The second-order valence-corrected chi connectivity index (χ2v) is 9.49. The van der Waals surface area contributed by atoms with Gasteiger partial charge in [-0.2, -0.15) is 4.31 Å². The summed E-state index contributed by atoms with van der Waals surface area (Å²) in [6.45, 7) is 9.03. The number of hydrogen-bond acceptors (Lipinski definition) is 4. The molecule has 2 aromatic carbocycles. The number of carbonyl (C=O) groups is 1. The predicted octanol–water partition coefficient (Wildman–Crippen LogP) is 3.08. The summed E-state index contributed by atoms with van der Waals surface area (Å²) < 4.78 is 33.2. The van der Waals surface area contributed by atoms with Crippen molar-refractivity contribution in [2.45, 2.75) is 32.6 Å². The molecule has 1 saturated heterocycles. The van der Waals surface area contributed by atoms with E-state index < -0.39 is 10.0 Å². The first-order valence-corrected chi connectivity index (χ1v) is 11.1. The molecule has 2 aromatic rings. The van der Waals surface area contributed by atoms with E-state index in [1.807, 2.05) is 45.9 Å². The maximum absolute atomic E-state index is 13.2. The Balaban J connectivity index is 1.77. The van der Waals surface area contributed by atoms with Crippen molar-refractivity contribution in [2.24, 2.45) is 0 Å². The Morgan fingerprint density at radius 3 is 2.03 bits per heavy atom. The van der Waals surface area contributed by atoms with Crippen LogP contribution in [0.3, 0.4) is 0 Å². The van der Waals surface area contributed by atoms with Crippen LogP contribution in [0.5, 0.6) is 5.75 Å². The summed E-state index contributed by atoms with van der Waals surface area (Å²) in [5.74, 6) is 0.288. The van der Waals surface area contributed by atoms with Crippen LogP contribution in [0.15, 0.2) is 35.2 Å². The first-order chi connectivity index (χ1) is 13.6. The zero-order chi connectivity index (χ0) is 21.3. The lowest BCUT2D eigenvalue weighted by Gasteiger charge is -2.34. The van der Waals surface area contributed by atoms with Gasteiger partial charge in [-0.15, -0.1) is 0 Å². The van der Waals surface area contributed by atoms with E-state index in [0.29, 0.717) is 24.4 Å². The molecule has 1 heterocycles. The molecule has 0 aliphatic carbocycles. The number of methoxy groups -OCH3 is 1. The highest BCUT2D eigenvalue weighted by molar-refractivity contribution is 7.89. The van der Waals surface area contributed by atoms with Crippen LogP contribution in [-0.4, -0.2) is 56.8 Å². The van der Waals surface area contributed by atoms with E-state index in [-0.39, 0.29) is 23.9 Å². The molecular formula is C22H28N2O4S. The Morgan fingerprint density at radius 1 is 0.862 bits per heavy atom. The van der Waals surface area contributed by atoms with Crippen molar-refractivity contribution in [3.63, 3.8) is 0 Å². The smallest absolute Gasteiger partial charge is 0.253 e. The van der Waals surface area contributed by atoms with Gasteiger partial charge in [0.05, 0.1) is 7.11 Å². The zero-order valence-electron chi connectivity index (χ0n) is 17.7. The van der Waals surface area contributed by atoms with Crippen LogP contribution in [0, 0.1) is 27.7 Å². The molecule has 7 heteroatoms. The highest BCUT2D eigenvalue weighted by atomic mass is 32.2. The minimum atomic E-state index is -3.70. The fourth-order valence-corrected chi connectivity index (χ4v) is 5.10. The van der Waals surface area contributed by atoms with E-state index in [9.17, 15) is 13.2 Å². The summed E-state index contributed by atoms with van der Waals surface area (Å²) in [7, 11) is -2.22. The second kappa shape index (κ2) is 8.16. The number of hydrogen-bond donors (Lipinski definition) is 0. The van der Waals surface area contributed by atoms with Crippen LogP contribution in [0.25, 0.3) is 0 Å². The van der Waals surface area contributed by atoms with Crippen molar-refractivity contribution in [3.05, 3.63) is 58.1 Å². The molecule has 156 valence electrons. The molecule has 0 bridgehead atoms. The normalized spacial score (nSPS) is 15.4. The van der Waals surface area contributed by atoms with Gasteiger partial charge in [-0.05, 0) is 74.2 Å². The van der Waals surface area contributed by atoms with Gasteiger partial charge >= 0.3 is 0 Å². The molecule has 0 N–H and O–H groups in total. The maximum atomic E-state index is 13.2. The van der Waals surface area contributed by atoms with Gasteiger partial charge in [0.25, 0.3) is 5.91 Å². The van der Waals surface area contributed by atoms with E-state index in [0.717, 1.165) is 22.3 Å². The van der Waals surface area contributed by atoms with E-state index in [1.54, 1.807) is 17.0 Å². The van der Waals surface area contributed by atoms with Crippen LogP contribution in [-0.2, 0) is 10.0 Å². The lowest BCUT2D eigenvalue weighted by Crippen LogP contribution is -2.50. The van der Waals surface area contributed by atoms with Gasteiger partial charge in [0, 0.05) is 31.7 Å². The van der Waals surface area contributed by atoms with Crippen molar-refractivity contribution in [1.29, 1.82) is 0 Å². The minimum Gasteiger partial charge on any atom is -0.495 e. The number of aryl methyl sites for hydroxylation is 4. The lowest BCUT2D eigenvalue weighted by molar-refractivity contribution is 0.0697. The molecule has 0 aromatic heterocycles. The van der Waals surface area contributed by atoms with Crippen molar-refractivity contribution in [3.8, 4) is 5.75 Å². The van der Waals surface area contributed by atoms with Crippen LogP contribution in [0.4, 0.5) is 0 Å². The standard InChI is InChI=1S/C22H28N2O4S/c1-15-6-7-19(12-16(15)2)22(25)23-8-10-24(11-9-23)29(26,27)21-14-18(4)17(3)13-20(21)28-5/h6-7,12-14H,8-11H2,1-5H3. The quantitative estimate of drug-likeness (QED) is 0.768. The van der Waals surface area contributed by atoms with Crippen molar-refractivity contribution in [2.75, 3.05) is 33.3 Å². The van der Waals surface area contributed by atoms with Gasteiger partial charge in [-0.3, -0.25) is 4.79 Å². The fraction of sp³-hybridized carbons (Fsp3) is 0.409. The third kappa shape index (κ3) is 4.16. The fourth-order valence-electron chi connectivity index (χ4n) is 3.45. The number of piperazine rings is 1. The molecule has 1 fully saturated rings. The Bertz CT molecular complexity index is 1040. The third-order valence-corrected chi connectivity index (χ3v) is 7.60. The van der Waals surface area contributed by atoms with Crippen molar-refractivity contribution in [1.82, 2.24) is 9.21 Å². The molecule has 0 unspecified atom stereocenters. The molecular weight excluding hydrogens is 388 g/mol. The van der Waals surface area contributed by atoms with Gasteiger partial charge in [-0.25, -0.2) is 8.42 Å². The number of nitrogens with zero attached hydrogens (tertiary/aromatic N) is 2. The monoisotopic (exact) mass is 416 g/mol. The highest BCUT2D eigenvalue weighted by Gasteiger charge is 2.32. The average molecular weight is 417 g/mol. The number of amides is 1. The first kappa shape index (κ1) is 21.3. The van der Waals surface area contributed by atoms with Crippen molar-refractivity contribution >= 4 is 15.9 Å². The van der Waals surface area contributed by atoms with Gasteiger partial charge in [-0.1, -0.05) is 6.07 Å². The van der Waals surface area contributed by atoms with Crippen LogP contribution in [0.2, 0.25) is 0 Å². The van der Waals surface area contributed by atoms with Crippen LogP contribution in [0.1, 0.15) is 32.6 Å². The van der Waals surface area contributed by atoms with E-state index in [1.165, 1.54) is 11.4 Å². The summed E-state index contributed by atoms with van der Waals surface area (Å²) in [5, 5.41) is 0. The van der Waals surface area contributed by atoms with E-state index in [4.69, 9.17) is 4.74 Å². The minimum absolute atomic E-state index is 0.0612. The Kier molecular flexibility index (Phi) is 6.00. The Morgan fingerprint density at radius 2 is 1.45 bits per heavy atom. The maximum Gasteiger partial charge on any atom is 0.253 e. The second-order valence-electron chi connectivity index (χ2n) is 7.58. The third-order valence-electron chi connectivity index (χ3n) is 5.68. The van der Waals surface area contributed by atoms with Gasteiger partial charge in [0.15, 0.2) is 0 Å². The van der Waals surface area contributed by atoms with Crippen LogP contribution >= 0.6 is 0 Å². The predicted molar refractivity (Wildman–Crippen MR) is 113 cm³/mol. The summed E-state index contributed by atoms with van der Waals surface area (Å²) in [6.07, 6.45) is 0. The summed E-state index contributed by atoms with van der Waals surface area (Å²) in [4.78, 5) is 14.7. The molecule has 0 atom stereocenters. The molecule has 0 radical (unpaired) electrons. The Labute approximate surface area is 173 Å². The summed E-state index contributed by atoms with van der Waals surface area (Å²) >= 11 is 0. The number of carbonyl (C=O) groups excluding carboxylic acids is 1.